The van der Waals surface area contributed by atoms with E-state index in [4.69, 9.17) is 0 Å². The van der Waals surface area contributed by atoms with Crippen molar-refractivity contribution in [2.75, 3.05) is 13.2 Å². The van der Waals surface area contributed by atoms with Crippen molar-refractivity contribution in [3.63, 3.8) is 0 Å². The average Bonchev–Trinajstić information content (AvgIpc) is 2.18. The van der Waals surface area contributed by atoms with Crippen molar-refractivity contribution >= 4 is 5.91 Å². The second-order valence-corrected chi connectivity index (χ2v) is 4.04. The molecule has 14 heavy (non-hydrogen) atoms. The van der Waals surface area contributed by atoms with E-state index < -0.39 is 6.67 Å². The number of piperidine rings is 1. The minimum absolute atomic E-state index is 0.0681. The first kappa shape index (κ1) is 11.4. The molecule has 1 fully saturated rings. The van der Waals surface area contributed by atoms with E-state index in [0.29, 0.717) is 12.0 Å². The van der Waals surface area contributed by atoms with E-state index in [1.165, 1.54) is 0 Å². The molecule has 0 aromatic carbocycles. The van der Waals surface area contributed by atoms with Crippen molar-refractivity contribution in [2.45, 2.75) is 38.8 Å². The van der Waals surface area contributed by atoms with Gasteiger partial charge in [-0.15, -0.1) is 0 Å². The van der Waals surface area contributed by atoms with Gasteiger partial charge in [0.05, 0.1) is 6.04 Å². The molecule has 0 aromatic rings. The largest absolute Gasteiger partial charge is 0.352 e. The third-order valence-corrected chi connectivity index (χ3v) is 2.94. The van der Waals surface area contributed by atoms with Gasteiger partial charge >= 0.3 is 0 Å². The van der Waals surface area contributed by atoms with Crippen LogP contribution in [0.1, 0.15) is 26.7 Å². The van der Waals surface area contributed by atoms with Crippen LogP contribution in [0.3, 0.4) is 0 Å². The standard InChI is InChI=1S/C10H19FN2O/c1-7-3-4-9(13-8(7)2)10(14)12-6-5-11/h7-9,13H,3-6H2,1-2H3,(H,12,14). The van der Waals surface area contributed by atoms with E-state index >= 15 is 0 Å². The van der Waals surface area contributed by atoms with Gasteiger partial charge in [0.15, 0.2) is 0 Å². The van der Waals surface area contributed by atoms with Gasteiger partial charge in [0.1, 0.15) is 6.67 Å². The Morgan fingerprint density at radius 3 is 2.79 bits per heavy atom. The number of hydrogen-bond acceptors (Lipinski definition) is 2. The SMILES string of the molecule is CC1CCC(C(=O)NCCF)NC1C. The monoisotopic (exact) mass is 202 g/mol. The van der Waals surface area contributed by atoms with Crippen molar-refractivity contribution in [1.29, 1.82) is 0 Å². The van der Waals surface area contributed by atoms with Crippen molar-refractivity contribution < 1.29 is 9.18 Å². The summed E-state index contributed by atoms with van der Waals surface area (Å²) in [6.07, 6.45) is 1.91. The first-order valence-corrected chi connectivity index (χ1v) is 5.25. The molecule has 0 saturated carbocycles. The topological polar surface area (TPSA) is 41.1 Å². The summed E-state index contributed by atoms with van der Waals surface area (Å²) in [5.74, 6) is 0.543. The molecule has 1 amide bonds. The molecule has 1 aliphatic heterocycles. The van der Waals surface area contributed by atoms with Gasteiger partial charge in [-0.05, 0) is 25.7 Å². The van der Waals surface area contributed by atoms with Crippen LogP contribution in [0.25, 0.3) is 0 Å². The molecule has 2 N–H and O–H groups in total. The molecule has 0 aromatic heterocycles. The van der Waals surface area contributed by atoms with Crippen LogP contribution in [0.5, 0.6) is 0 Å². The van der Waals surface area contributed by atoms with Crippen LogP contribution in [0.4, 0.5) is 4.39 Å². The quantitative estimate of drug-likeness (QED) is 0.712. The maximum absolute atomic E-state index is 11.8. The third-order valence-electron chi connectivity index (χ3n) is 2.94. The summed E-state index contributed by atoms with van der Waals surface area (Å²) in [5, 5.41) is 5.80. The summed E-state index contributed by atoms with van der Waals surface area (Å²) < 4.78 is 11.8. The summed E-state index contributed by atoms with van der Waals surface area (Å²) in [7, 11) is 0. The zero-order valence-electron chi connectivity index (χ0n) is 8.85. The third kappa shape index (κ3) is 2.94. The van der Waals surface area contributed by atoms with Crippen LogP contribution in [-0.4, -0.2) is 31.2 Å². The van der Waals surface area contributed by atoms with E-state index in [1.54, 1.807) is 0 Å². The van der Waals surface area contributed by atoms with Gasteiger partial charge in [-0.1, -0.05) is 6.92 Å². The predicted octanol–water partition coefficient (Wildman–Crippen LogP) is 0.849. The van der Waals surface area contributed by atoms with Crippen LogP contribution in [0.15, 0.2) is 0 Å². The maximum Gasteiger partial charge on any atom is 0.237 e. The highest BCUT2D eigenvalue weighted by Crippen LogP contribution is 2.18. The molecule has 1 aliphatic rings. The smallest absolute Gasteiger partial charge is 0.237 e. The summed E-state index contributed by atoms with van der Waals surface area (Å²) in [5.41, 5.74) is 0. The number of halogens is 1. The minimum atomic E-state index is -0.496. The summed E-state index contributed by atoms with van der Waals surface area (Å²) in [6.45, 7) is 3.89. The molecule has 0 spiro atoms. The second-order valence-electron chi connectivity index (χ2n) is 4.04. The fraction of sp³-hybridized carbons (Fsp3) is 0.900. The van der Waals surface area contributed by atoms with E-state index in [2.05, 4.69) is 24.5 Å². The Balaban J connectivity index is 2.34. The Kier molecular flexibility index (Phi) is 4.32. The number of carbonyl (C=O) groups excluding carboxylic acids is 1. The van der Waals surface area contributed by atoms with Crippen molar-refractivity contribution in [3.05, 3.63) is 0 Å². The molecular weight excluding hydrogens is 183 g/mol. The summed E-state index contributed by atoms with van der Waals surface area (Å²) in [6, 6.07) is 0.234. The van der Waals surface area contributed by atoms with Gasteiger partial charge in [0, 0.05) is 12.6 Å². The molecule has 4 heteroatoms. The van der Waals surface area contributed by atoms with Gasteiger partial charge in [-0.25, -0.2) is 4.39 Å². The van der Waals surface area contributed by atoms with Crippen LogP contribution in [-0.2, 0) is 4.79 Å². The second kappa shape index (κ2) is 5.29. The van der Waals surface area contributed by atoms with Crippen LogP contribution >= 0.6 is 0 Å². The van der Waals surface area contributed by atoms with E-state index in [1.807, 2.05) is 0 Å². The number of amides is 1. The lowest BCUT2D eigenvalue weighted by Gasteiger charge is -2.32. The molecule has 1 heterocycles. The van der Waals surface area contributed by atoms with Gasteiger partial charge in [0.2, 0.25) is 5.91 Å². The van der Waals surface area contributed by atoms with E-state index in [9.17, 15) is 9.18 Å². The Morgan fingerprint density at radius 2 is 2.21 bits per heavy atom. The molecule has 1 rings (SSSR count). The molecule has 0 aliphatic carbocycles. The lowest BCUT2D eigenvalue weighted by Crippen LogP contribution is -2.52. The van der Waals surface area contributed by atoms with Gasteiger partial charge in [-0.3, -0.25) is 4.79 Å². The fourth-order valence-electron chi connectivity index (χ4n) is 1.74. The lowest BCUT2D eigenvalue weighted by molar-refractivity contribution is -0.124. The molecular formula is C10H19FN2O. The van der Waals surface area contributed by atoms with Crippen molar-refractivity contribution in [2.24, 2.45) is 5.92 Å². The highest BCUT2D eigenvalue weighted by atomic mass is 19.1. The zero-order valence-corrected chi connectivity index (χ0v) is 8.85. The van der Waals surface area contributed by atoms with Crippen molar-refractivity contribution in [1.82, 2.24) is 10.6 Å². The summed E-state index contributed by atoms with van der Waals surface area (Å²) >= 11 is 0. The van der Waals surface area contributed by atoms with Crippen molar-refractivity contribution in [3.8, 4) is 0 Å². The normalized spacial score (nSPS) is 32.6. The maximum atomic E-state index is 11.8. The highest BCUT2D eigenvalue weighted by molar-refractivity contribution is 5.81. The molecule has 0 radical (unpaired) electrons. The van der Waals surface area contributed by atoms with E-state index in [-0.39, 0.29) is 18.5 Å². The first-order chi connectivity index (χ1) is 6.65. The molecule has 0 bridgehead atoms. The molecule has 3 unspecified atom stereocenters. The molecule has 3 nitrogen and oxygen atoms in total. The molecule has 3 atom stereocenters. The number of carbonyl (C=O) groups is 1. The number of alkyl halides is 1. The number of rotatable bonds is 3. The Bertz CT molecular complexity index is 199. The highest BCUT2D eigenvalue weighted by Gasteiger charge is 2.27. The van der Waals surface area contributed by atoms with E-state index in [0.717, 1.165) is 12.8 Å². The van der Waals surface area contributed by atoms with Gasteiger partial charge in [-0.2, -0.15) is 0 Å². The Hall–Kier alpha value is -0.640. The first-order valence-electron chi connectivity index (χ1n) is 5.25. The molecule has 1 saturated heterocycles. The molecule has 82 valence electrons. The van der Waals surface area contributed by atoms with Gasteiger partial charge in [0.25, 0.3) is 0 Å². The Morgan fingerprint density at radius 1 is 1.50 bits per heavy atom. The number of nitrogens with one attached hydrogen (secondary N) is 2. The lowest BCUT2D eigenvalue weighted by atomic mass is 9.89. The average molecular weight is 202 g/mol. The van der Waals surface area contributed by atoms with Crippen LogP contribution in [0.2, 0.25) is 0 Å². The predicted molar refractivity (Wildman–Crippen MR) is 53.8 cm³/mol. The van der Waals surface area contributed by atoms with Crippen LogP contribution in [0, 0.1) is 5.92 Å². The minimum Gasteiger partial charge on any atom is -0.352 e. The van der Waals surface area contributed by atoms with Crippen LogP contribution < -0.4 is 10.6 Å². The van der Waals surface area contributed by atoms with Gasteiger partial charge < -0.3 is 10.6 Å². The summed E-state index contributed by atoms with van der Waals surface area (Å²) in [4.78, 5) is 11.5. The fourth-order valence-corrected chi connectivity index (χ4v) is 1.74. The zero-order chi connectivity index (χ0) is 10.6. The number of hydrogen-bond donors (Lipinski definition) is 2. The Labute approximate surface area is 84.4 Å².